The molecular formula is C16H18ClNOS. The molecule has 0 fully saturated rings. The number of halogens is 1. The van der Waals surface area contributed by atoms with Crippen LogP contribution >= 0.6 is 11.6 Å². The van der Waals surface area contributed by atoms with Gasteiger partial charge in [0.15, 0.2) is 0 Å². The van der Waals surface area contributed by atoms with E-state index in [1.807, 2.05) is 24.3 Å². The Morgan fingerprint density at radius 2 is 1.80 bits per heavy atom. The van der Waals surface area contributed by atoms with Gasteiger partial charge in [-0.1, -0.05) is 54.9 Å². The Morgan fingerprint density at radius 3 is 2.40 bits per heavy atom. The first-order valence-electron chi connectivity index (χ1n) is 6.59. The lowest BCUT2D eigenvalue weighted by Crippen LogP contribution is -2.18. The Bertz CT molecular complexity index is 598. The number of hydrogen-bond acceptors (Lipinski definition) is 2. The minimum atomic E-state index is -1.19. The highest BCUT2D eigenvalue weighted by Gasteiger charge is 2.14. The number of hydrogen-bond donors (Lipinski definition) is 1. The maximum absolute atomic E-state index is 12.3. The Balaban J connectivity index is 2.09. The third-order valence-electron chi connectivity index (χ3n) is 3.23. The van der Waals surface area contributed by atoms with Crippen LogP contribution in [0.15, 0.2) is 53.4 Å². The zero-order valence-electron chi connectivity index (χ0n) is 11.4. The van der Waals surface area contributed by atoms with Crippen LogP contribution in [0.5, 0.6) is 0 Å². The molecule has 2 N–H and O–H groups in total. The van der Waals surface area contributed by atoms with E-state index in [2.05, 4.69) is 19.1 Å². The standard InChI is InChI=1S/C16H18ClNOS/c1-2-12-7-9-13(10-8-12)15(18)11-20(19)16-6-4-3-5-14(16)17/h3-10,15H,2,11,18H2,1H3. The molecule has 2 nitrogen and oxygen atoms in total. The van der Waals surface area contributed by atoms with E-state index in [1.165, 1.54) is 5.56 Å². The van der Waals surface area contributed by atoms with E-state index in [9.17, 15) is 4.21 Å². The van der Waals surface area contributed by atoms with Gasteiger partial charge in [0.1, 0.15) is 0 Å². The molecule has 0 aromatic heterocycles. The van der Waals surface area contributed by atoms with Crippen molar-refractivity contribution in [3.05, 3.63) is 64.7 Å². The molecule has 0 spiro atoms. The molecule has 106 valence electrons. The van der Waals surface area contributed by atoms with E-state index in [4.69, 9.17) is 17.3 Å². The molecule has 4 heteroatoms. The molecule has 2 aromatic carbocycles. The minimum Gasteiger partial charge on any atom is -0.323 e. The van der Waals surface area contributed by atoms with Gasteiger partial charge in [-0.3, -0.25) is 4.21 Å². The second-order valence-electron chi connectivity index (χ2n) is 4.64. The highest BCUT2D eigenvalue weighted by Crippen LogP contribution is 2.22. The van der Waals surface area contributed by atoms with Gasteiger partial charge in [-0.25, -0.2) is 0 Å². The fraction of sp³-hybridized carbons (Fsp3) is 0.250. The first-order valence-corrected chi connectivity index (χ1v) is 8.28. The van der Waals surface area contributed by atoms with Crippen molar-refractivity contribution in [2.75, 3.05) is 5.75 Å². The maximum atomic E-state index is 12.3. The van der Waals surface area contributed by atoms with Crippen molar-refractivity contribution in [1.29, 1.82) is 0 Å². The van der Waals surface area contributed by atoms with Crippen molar-refractivity contribution >= 4 is 22.4 Å². The number of aryl methyl sites for hydroxylation is 1. The van der Waals surface area contributed by atoms with Gasteiger partial charge in [-0.2, -0.15) is 0 Å². The van der Waals surface area contributed by atoms with Crippen molar-refractivity contribution < 1.29 is 4.21 Å². The Morgan fingerprint density at radius 1 is 1.15 bits per heavy atom. The van der Waals surface area contributed by atoms with Crippen molar-refractivity contribution in [1.82, 2.24) is 0 Å². The number of benzene rings is 2. The molecule has 0 saturated carbocycles. The molecule has 0 bridgehead atoms. The molecule has 2 aromatic rings. The van der Waals surface area contributed by atoms with Gasteiger partial charge in [-0.15, -0.1) is 0 Å². The summed E-state index contributed by atoms with van der Waals surface area (Å²) < 4.78 is 12.3. The van der Waals surface area contributed by atoms with Gasteiger partial charge >= 0.3 is 0 Å². The van der Waals surface area contributed by atoms with Crippen LogP contribution < -0.4 is 5.73 Å². The van der Waals surface area contributed by atoms with Crippen LogP contribution in [0.25, 0.3) is 0 Å². The van der Waals surface area contributed by atoms with Gasteiger partial charge in [0.2, 0.25) is 0 Å². The highest BCUT2D eigenvalue weighted by molar-refractivity contribution is 7.85. The molecular weight excluding hydrogens is 290 g/mol. The lowest BCUT2D eigenvalue weighted by Gasteiger charge is -2.13. The van der Waals surface area contributed by atoms with E-state index in [-0.39, 0.29) is 6.04 Å². The quantitative estimate of drug-likeness (QED) is 0.915. The Hall–Kier alpha value is -1.16. The zero-order chi connectivity index (χ0) is 14.5. The molecule has 0 amide bonds. The van der Waals surface area contributed by atoms with Gasteiger partial charge in [-0.05, 0) is 29.7 Å². The topological polar surface area (TPSA) is 43.1 Å². The van der Waals surface area contributed by atoms with Gasteiger partial charge < -0.3 is 5.73 Å². The number of nitrogens with two attached hydrogens (primary N) is 1. The average molecular weight is 308 g/mol. The summed E-state index contributed by atoms with van der Waals surface area (Å²) in [7, 11) is -1.19. The summed E-state index contributed by atoms with van der Waals surface area (Å²) in [6.45, 7) is 2.11. The Kier molecular flexibility index (Phi) is 5.35. The average Bonchev–Trinajstić information content (AvgIpc) is 2.47. The van der Waals surface area contributed by atoms with Crippen LogP contribution in [0.2, 0.25) is 5.02 Å². The third-order valence-corrected chi connectivity index (χ3v) is 5.18. The summed E-state index contributed by atoms with van der Waals surface area (Å²) in [4.78, 5) is 0.648. The lowest BCUT2D eigenvalue weighted by molar-refractivity contribution is 0.675. The highest BCUT2D eigenvalue weighted by atomic mass is 35.5. The van der Waals surface area contributed by atoms with E-state index in [0.717, 1.165) is 12.0 Å². The molecule has 2 rings (SSSR count). The molecule has 2 atom stereocenters. The van der Waals surface area contributed by atoms with Crippen LogP contribution in [-0.4, -0.2) is 9.96 Å². The van der Waals surface area contributed by atoms with E-state index in [1.54, 1.807) is 12.1 Å². The summed E-state index contributed by atoms with van der Waals surface area (Å²) >= 11 is 6.05. The molecule has 0 saturated heterocycles. The summed E-state index contributed by atoms with van der Waals surface area (Å²) in [6.07, 6.45) is 1.00. The fourth-order valence-corrected chi connectivity index (χ4v) is 3.59. The fourth-order valence-electron chi connectivity index (χ4n) is 1.98. The van der Waals surface area contributed by atoms with Crippen molar-refractivity contribution in [3.63, 3.8) is 0 Å². The Labute approximate surface area is 127 Å². The monoisotopic (exact) mass is 307 g/mol. The van der Waals surface area contributed by atoms with Gasteiger partial charge in [0, 0.05) is 11.8 Å². The minimum absolute atomic E-state index is 0.252. The van der Waals surface area contributed by atoms with Crippen LogP contribution in [-0.2, 0) is 17.2 Å². The molecule has 0 heterocycles. The number of rotatable bonds is 5. The maximum Gasteiger partial charge on any atom is 0.0574 e. The van der Waals surface area contributed by atoms with Crippen molar-refractivity contribution in [2.24, 2.45) is 5.73 Å². The largest absolute Gasteiger partial charge is 0.323 e. The summed E-state index contributed by atoms with van der Waals surface area (Å²) in [6, 6.07) is 15.1. The predicted octanol–water partition coefficient (Wildman–Crippen LogP) is 3.71. The molecule has 0 aliphatic heterocycles. The molecule has 0 aliphatic rings. The first kappa shape index (κ1) is 15.2. The molecule has 20 heavy (non-hydrogen) atoms. The first-order chi connectivity index (χ1) is 9.61. The summed E-state index contributed by atoms with van der Waals surface area (Å²) in [5, 5.41) is 0.527. The van der Waals surface area contributed by atoms with Gasteiger partial charge in [0.25, 0.3) is 0 Å². The van der Waals surface area contributed by atoms with Crippen molar-refractivity contribution in [3.8, 4) is 0 Å². The lowest BCUT2D eigenvalue weighted by atomic mass is 10.1. The smallest absolute Gasteiger partial charge is 0.0574 e. The van der Waals surface area contributed by atoms with Gasteiger partial charge in [0.05, 0.1) is 20.7 Å². The normalized spacial score (nSPS) is 13.9. The second-order valence-corrected chi connectivity index (χ2v) is 6.52. The second kappa shape index (κ2) is 7.02. The van der Waals surface area contributed by atoms with Crippen LogP contribution in [0.1, 0.15) is 24.1 Å². The van der Waals surface area contributed by atoms with Crippen LogP contribution in [0, 0.1) is 0 Å². The van der Waals surface area contributed by atoms with E-state index < -0.39 is 10.8 Å². The molecule has 0 radical (unpaired) electrons. The van der Waals surface area contributed by atoms with E-state index >= 15 is 0 Å². The van der Waals surface area contributed by atoms with Crippen LogP contribution in [0.4, 0.5) is 0 Å². The van der Waals surface area contributed by atoms with Crippen LogP contribution in [0.3, 0.4) is 0 Å². The molecule has 2 unspecified atom stereocenters. The predicted molar refractivity (Wildman–Crippen MR) is 85.5 cm³/mol. The third kappa shape index (κ3) is 3.69. The van der Waals surface area contributed by atoms with E-state index in [0.29, 0.717) is 15.7 Å². The SMILES string of the molecule is CCc1ccc(C(N)CS(=O)c2ccccc2Cl)cc1. The summed E-state index contributed by atoms with van der Waals surface area (Å²) in [5.41, 5.74) is 8.41. The summed E-state index contributed by atoms with van der Waals surface area (Å²) in [5.74, 6) is 0.370. The van der Waals surface area contributed by atoms with Crippen molar-refractivity contribution in [2.45, 2.75) is 24.3 Å². The molecule has 0 aliphatic carbocycles. The zero-order valence-corrected chi connectivity index (χ0v) is 13.0.